The van der Waals surface area contributed by atoms with Gasteiger partial charge in [0.2, 0.25) is 0 Å². The molecule has 0 radical (unpaired) electrons. The van der Waals surface area contributed by atoms with Crippen molar-refractivity contribution in [1.82, 2.24) is 14.5 Å². The van der Waals surface area contributed by atoms with Gasteiger partial charge in [0, 0.05) is 43.5 Å². The minimum atomic E-state index is -0.0308. The highest BCUT2D eigenvalue weighted by Gasteiger charge is 2.28. The van der Waals surface area contributed by atoms with Crippen molar-refractivity contribution in [2.45, 2.75) is 25.3 Å². The zero-order chi connectivity index (χ0) is 18.6. The summed E-state index contributed by atoms with van der Waals surface area (Å²) in [7, 11) is 0. The number of phenolic OH excluding ortho intramolecular Hbond substituents is 1. The number of likely N-dealkylation sites (tertiary alicyclic amines) is 1. The van der Waals surface area contributed by atoms with Crippen LogP contribution in [0.15, 0.2) is 67.0 Å². The number of phenols is 1. The highest BCUT2D eigenvalue weighted by Crippen LogP contribution is 2.27. The third-order valence-corrected chi connectivity index (χ3v) is 5.11. The number of imidazole rings is 1. The van der Waals surface area contributed by atoms with E-state index in [1.807, 2.05) is 35.5 Å². The number of amides is 1. The van der Waals surface area contributed by atoms with Gasteiger partial charge in [0.05, 0.1) is 0 Å². The highest BCUT2D eigenvalue weighted by atomic mass is 16.3. The lowest BCUT2D eigenvalue weighted by Crippen LogP contribution is -2.39. The van der Waals surface area contributed by atoms with Crippen LogP contribution in [0.5, 0.6) is 5.75 Å². The maximum absolute atomic E-state index is 12.8. The molecular weight excluding hydrogens is 338 g/mol. The van der Waals surface area contributed by atoms with Gasteiger partial charge in [-0.05, 0) is 36.6 Å². The molecule has 0 spiro atoms. The van der Waals surface area contributed by atoms with Gasteiger partial charge in [0.1, 0.15) is 11.6 Å². The Balaban J connectivity index is 1.51. The summed E-state index contributed by atoms with van der Waals surface area (Å²) in [6.45, 7) is 2.18. The molecule has 1 aromatic heterocycles. The van der Waals surface area contributed by atoms with E-state index in [-0.39, 0.29) is 17.6 Å². The van der Waals surface area contributed by atoms with Gasteiger partial charge in [-0.3, -0.25) is 4.79 Å². The normalized spacial score (nSPS) is 17.0. The number of hydrogen-bond acceptors (Lipinski definition) is 3. The van der Waals surface area contributed by atoms with Crippen molar-refractivity contribution in [2.24, 2.45) is 0 Å². The summed E-state index contributed by atoms with van der Waals surface area (Å²) in [5.41, 5.74) is 1.77. The van der Waals surface area contributed by atoms with Crippen molar-refractivity contribution in [3.05, 3.63) is 83.9 Å². The Morgan fingerprint density at radius 1 is 1.15 bits per heavy atom. The summed E-state index contributed by atoms with van der Waals surface area (Å²) in [5.74, 6) is 1.34. The number of aromatic nitrogens is 2. The fourth-order valence-electron chi connectivity index (χ4n) is 3.79. The Bertz CT molecular complexity index is 920. The van der Waals surface area contributed by atoms with Gasteiger partial charge < -0.3 is 14.6 Å². The van der Waals surface area contributed by atoms with Gasteiger partial charge >= 0.3 is 0 Å². The Kier molecular flexibility index (Phi) is 4.92. The smallest absolute Gasteiger partial charge is 0.254 e. The van der Waals surface area contributed by atoms with Crippen LogP contribution >= 0.6 is 0 Å². The number of benzene rings is 2. The molecule has 1 aliphatic rings. The third-order valence-electron chi connectivity index (χ3n) is 5.11. The molecule has 4 rings (SSSR count). The molecular formula is C22H23N3O2. The van der Waals surface area contributed by atoms with E-state index in [1.165, 1.54) is 11.6 Å². The quantitative estimate of drug-likeness (QED) is 0.772. The van der Waals surface area contributed by atoms with Crippen molar-refractivity contribution >= 4 is 5.91 Å². The molecule has 1 atom stereocenters. The number of nitrogens with zero attached hydrogens (tertiary/aromatic N) is 3. The largest absolute Gasteiger partial charge is 0.508 e. The van der Waals surface area contributed by atoms with E-state index in [0.29, 0.717) is 12.1 Å². The van der Waals surface area contributed by atoms with Crippen LogP contribution < -0.4 is 0 Å². The van der Waals surface area contributed by atoms with Crippen molar-refractivity contribution in [1.29, 1.82) is 0 Å². The summed E-state index contributed by atoms with van der Waals surface area (Å²) in [6.07, 6.45) is 5.83. The van der Waals surface area contributed by atoms with E-state index in [1.54, 1.807) is 18.2 Å². The van der Waals surface area contributed by atoms with Gasteiger partial charge in [-0.15, -0.1) is 0 Å². The van der Waals surface area contributed by atoms with Gasteiger partial charge in [0.15, 0.2) is 0 Å². The monoisotopic (exact) mass is 361 g/mol. The van der Waals surface area contributed by atoms with E-state index >= 15 is 0 Å². The predicted octanol–water partition coefficient (Wildman–Crippen LogP) is 3.66. The molecule has 3 aromatic rings. The molecule has 5 heteroatoms. The highest BCUT2D eigenvalue weighted by molar-refractivity contribution is 5.94. The Labute approximate surface area is 158 Å². The van der Waals surface area contributed by atoms with Gasteiger partial charge in [-0.25, -0.2) is 4.98 Å². The maximum Gasteiger partial charge on any atom is 0.254 e. The minimum absolute atomic E-state index is 0.0308. The summed E-state index contributed by atoms with van der Waals surface area (Å²) >= 11 is 0. The van der Waals surface area contributed by atoms with E-state index in [4.69, 9.17) is 0 Å². The van der Waals surface area contributed by atoms with Crippen LogP contribution in [0.1, 0.15) is 40.5 Å². The van der Waals surface area contributed by atoms with E-state index < -0.39 is 0 Å². The van der Waals surface area contributed by atoms with Crippen LogP contribution in [0, 0.1) is 0 Å². The standard InChI is InChI=1S/C22H23N3O2/c26-20-10-4-8-18(14-20)22(27)25-12-5-9-19(16-25)21-23-11-13-24(21)15-17-6-2-1-3-7-17/h1-4,6-8,10-11,13-14,19,26H,5,9,12,15-16H2/t19-/m1/s1. The molecule has 5 nitrogen and oxygen atoms in total. The minimum Gasteiger partial charge on any atom is -0.508 e. The van der Waals surface area contributed by atoms with Gasteiger partial charge in [-0.2, -0.15) is 0 Å². The van der Waals surface area contributed by atoms with Crippen molar-refractivity contribution < 1.29 is 9.90 Å². The van der Waals surface area contributed by atoms with Crippen LogP contribution in [0.3, 0.4) is 0 Å². The molecule has 1 amide bonds. The summed E-state index contributed by atoms with van der Waals surface area (Å²) in [5, 5.41) is 9.66. The zero-order valence-corrected chi connectivity index (χ0v) is 15.2. The first-order valence-electron chi connectivity index (χ1n) is 9.34. The molecule has 0 bridgehead atoms. The fraction of sp³-hybridized carbons (Fsp3) is 0.273. The lowest BCUT2D eigenvalue weighted by molar-refractivity contribution is 0.0703. The second-order valence-corrected chi connectivity index (χ2v) is 7.04. The first kappa shape index (κ1) is 17.3. The number of hydrogen-bond donors (Lipinski definition) is 1. The zero-order valence-electron chi connectivity index (χ0n) is 15.2. The molecule has 0 saturated carbocycles. The van der Waals surface area contributed by atoms with Crippen LogP contribution in [-0.4, -0.2) is 38.6 Å². The number of piperidine rings is 1. The molecule has 1 saturated heterocycles. The van der Waals surface area contributed by atoms with Crippen LogP contribution in [0.4, 0.5) is 0 Å². The fourth-order valence-corrected chi connectivity index (χ4v) is 3.79. The molecule has 2 heterocycles. The van der Waals surface area contributed by atoms with Gasteiger partial charge in [-0.1, -0.05) is 36.4 Å². The Morgan fingerprint density at radius 3 is 2.81 bits per heavy atom. The lowest BCUT2D eigenvalue weighted by Gasteiger charge is -2.32. The number of aromatic hydroxyl groups is 1. The van der Waals surface area contributed by atoms with Crippen LogP contribution in [0.25, 0.3) is 0 Å². The third kappa shape index (κ3) is 3.87. The Morgan fingerprint density at radius 2 is 2.00 bits per heavy atom. The summed E-state index contributed by atoms with van der Waals surface area (Å²) in [4.78, 5) is 19.3. The van der Waals surface area contributed by atoms with Crippen LogP contribution in [0.2, 0.25) is 0 Å². The SMILES string of the molecule is O=C(c1cccc(O)c1)N1CCC[C@@H](c2nccn2Cc2ccccc2)C1. The average Bonchev–Trinajstić information content (AvgIpc) is 3.16. The lowest BCUT2D eigenvalue weighted by atomic mass is 9.96. The summed E-state index contributed by atoms with van der Waals surface area (Å²) in [6, 6.07) is 16.9. The Hall–Kier alpha value is -3.08. The van der Waals surface area contributed by atoms with E-state index in [0.717, 1.165) is 31.8 Å². The first-order chi connectivity index (χ1) is 13.2. The molecule has 1 fully saturated rings. The van der Waals surface area contributed by atoms with Crippen molar-refractivity contribution in [3.63, 3.8) is 0 Å². The van der Waals surface area contributed by atoms with Crippen molar-refractivity contribution in [2.75, 3.05) is 13.1 Å². The number of carbonyl (C=O) groups is 1. The average molecular weight is 361 g/mol. The summed E-state index contributed by atoms with van der Waals surface area (Å²) < 4.78 is 2.18. The van der Waals surface area contributed by atoms with E-state index in [9.17, 15) is 9.90 Å². The maximum atomic E-state index is 12.8. The molecule has 1 aliphatic heterocycles. The molecule has 27 heavy (non-hydrogen) atoms. The van der Waals surface area contributed by atoms with Crippen molar-refractivity contribution in [3.8, 4) is 5.75 Å². The number of carbonyl (C=O) groups excluding carboxylic acids is 1. The van der Waals surface area contributed by atoms with E-state index in [2.05, 4.69) is 21.7 Å². The van der Waals surface area contributed by atoms with Crippen LogP contribution in [-0.2, 0) is 6.54 Å². The predicted molar refractivity (Wildman–Crippen MR) is 104 cm³/mol. The molecule has 0 aliphatic carbocycles. The molecule has 138 valence electrons. The second kappa shape index (κ2) is 7.66. The van der Waals surface area contributed by atoms with Gasteiger partial charge in [0.25, 0.3) is 5.91 Å². The molecule has 2 aromatic carbocycles. The number of rotatable bonds is 4. The molecule has 1 N–H and O–H groups in total. The first-order valence-corrected chi connectivity index (χ1v) is 9.34. The second-order valence-electron chi connectivity index (χ2n) is 7.04. The topological polar surface area (TPSA) is 58.4 Å². The molecule has 0 unspecified atom stereocenters.